The van der Waals surface area contributed by atoms with Gasteiger partial charge in [0.1, 0.15) is 13.2 Å². The molecule has 0 heterocycles. The molecule has 1 atom stereocenters. The summed E-state index contributed by atoms with van der Waals surface area (Å²) in [6, 6.07) is 0. The Morgan fingerprint density at radius 1 is 0.344 bits per heavy atom. The number of allylic oxidation sites excluding steroid dienone is 10. The lowest BCUT2D eigenvalue weighted by molar-refractivity contribution is -0.167. The molecule has 0 aliphatic rings. The van der Waals surface area contributed by atoms with Crippen LogP contribution in [-0.4, -0.2) is 37.2 Å². The second-order valence-corrected chi connectivity index (χ2v) is 17.1. The van der Waals surface area contributed by atoms with Crippen molar-refractivity contribution in [2.45, 2.75) is 258 Å². The zero-order valence-corrected chi connectivity index (χ0v) is 40.2. The molecule has 0 fully saturated rings. The van der Waals surface area contributed by atoms with Crippen molar-refractivity contribution in [1.29, 1.82) is 0 Å². The number of carbonyl (C=O) groups excluding carboxylic acids is 3. The molecule has 0 aromatic carbocycles. The molecular formula is C55H96O6. The first-order chi connectivity index (χ1) is 30.0. The standard InChI is InChI=1S/C55H96O6/c1-4-7-10-13-16-19-22-23-24-25-26-27-28-29-30-31-34-36-39-42-45-48-54(57)60-51-52(61-55(58)49-46-43-40-37-33-21-18-15-12-9-6-3)50-59-53(56)47-44-41-38-35-32-20-17-14-11-8-5-2/h7,10,16,19,23-24,26-27,29-30,52H,4-6,8-9,11-15,17-18,20-22,25,28,31-51H2,1-3H3/b10-7-,19-16-,24-23-,27-26-,30-29-. The molecule has 0 radical (unpaired) electrons. The lowest BCUT2D eigenvalue weighted by atomic mass is 10.1. The minimum Gasteiger partial charge on any atom is -0.462 e. The number of ether oxygens (including phenoxy) is 3. The number of carbonyl (C=O) groups is 3. The van der Waals surface area contributed by atoms with Crippen LogP contribution in [0.15, 0.2) is 60.8 Å². The van der Waals surface area contributed by atoms with Gasteiger partial charge >= 0.3 is 17.9 Å². The summed E-state index contributed by atoms with van der Waals surface area (Å²) in [6.45, 7) is 6.50. The van der Waals surface area contributed by atoms with Crippen LogP contribution < -0.4 is 0 Å². The third kappa shape index (κ3) is 48.0. The SMILES string of the molecule is CC/C=C\C/C=C\C/C=C\C/C=C\C/C=C\CCCCCCCC(=O)OCC(COC(=O)CCCCCCCCCCCCC)OC(=O)CCCCCCCCCCCCC. The fourth-order valence-electron chi connectivity index (χ4n) is 7.17. The van der Waals surface area contributed by atoms with Gasteiger partial charge in [-0.2, -0.15) is 0 Å². The first kappa shape index (κ1) is 58.1. The summed E-state index contributed by atoms with van der Waals surface area (Å²) in [7, 11) is 0. The van der Waals surface area contributed by atoms with E-state index in [2.05, 4.69) is 81.5 Å². The zero-order valence-electron chi connectivity index (χ0n) is 40.2. The lowest BCUT2D eigenvalue weighted by Gasteiger charge is -2.18. The molecule has 0 rings (SSSR count). The van der Waals surface area contributed by atoms with Gasteiger partial charge in [0, 0.05) is 19.3 Å². The van der Waals surface area contributed by atoms with Crippen molar-refractivity contribution in [2.75, 3.05) is 13.2 Å². The minimum absolute atomic E-state index is 0.0774. The highest BCUT2D eigenvalue weighted by Crippen LogP contribution is 2.15. The van der Waals surface area contributed by atoms with E-state index >= 15 is 0 Å². The van der Waals surface area contributed by atoms with E-state index in [9.17, 15) is 14.4 Å². The Labute approximate surface area is 377 Å². The molecule has 0 aromatic heterocycles. The molecule has 1 unspecified atom stereocenters. The van der Waals surface area contributed by atoms with Crippen molar-refractivity contribution in [3.05, 3.63) is 60.8 Å². The van der Waals surface area contributed by atoms with Gasteiger partial charge < -0.3 is 14.2 Å². The van der Waals surface area contributed by atoms with Gasteiger partial charge in [-0.3, -0.25) is 14.4 Å². The molecule has 352 valence electrons. The van der Waals surface area contributed by atoms with Crippen LogP contribution in [0.4, 0.5) is 0 Å². The average Bonchev–Trinajstić information content (AvgIpc) is 3.26. The van der Waals surface area contributed by atoms with Crippen LogP contribution >= 0.6 is 0 Å². The smallest absolute Gasteiger partial charge is 0.306 e. The minimum atomic E-state index is -0.776. The molecule has 0 spiro atoms. The second kappa shape index (κ2) is 49.8. The first-order valence-electron chi connectivity index (χ1n) is 25.8. The summed E-state index contributed by atoms with van der Waals surface area (Å²) < 4.78 is 16.8. The van der Waals surface area contributed by atoms with Gasteiger partial charge in [-0.1, -0.05) is 229 Å². The van der Waals surface area contributed by atoms with Gasteiger partial charge in [-0.05, 0) is 64.2 Å². The van der Waals surface area contributed by atoms with Crippen LogP contribution in [0.1, 0.15) is 252 Å². The molecule has 6 heteroatoms. The van der Waals surface area contributed by atoms with Gasteiger partial charge in [-0.25, -0.2) is 0 Å². The first-order valence-corrected chi connectivity index (χ1v) is 25.8. The fraction of sp³-hybridized carbons (Fsp3) is 0.764. The van der Waals surface area contributed by atoms with Crippen molar-refractivity contribution >= 4 is 17.9 Å². The van der Waals surface area contributed by atoms with Crippen molar-refractivity contribution in [1.82, 2.24) is 0 Å². The van der Waals surface area contributed by atoms with E-state index in [1.165, 1.54) is 103 Å². The van der Waals surface area contributed by atoms with Crippen molar-refractivity contribution in [3.63, 3.8) is 0 Å². The molecule has 0 amide bonds. The summed E-state index contributed by atoms with van der Waals surface area (Å²) in [4.78, 5) is 37.9. The van der Waals surface area contributed by atoms with Crippen molar-refractivity contribution < 1.29 is 28.6 Å². The molecule has 0 bridgehead atoms. The van der Waals surface area contributed by atoms with Crippen LogP contribution in [0.3, 0.4) is 0 Å². The Morgan fingerprint density at radius 2 is 0.639 bits per heavy atom. The van der Waals surface area contributed by atoms with E-state index in [1.807, 2.05) is 0 Å². The number of esters is 3. The van der Waals surface area contributed by atoms with Gasteiger partial charge in [0.25, 0.3) is 0 Å². The predicted molar refractivity (Wildman–Crippen MR) is 261 cm³/mol. The van der Waals surface area contributed by atoms with Gasteiger partial charge in [0.2, 0.25) is 0 Å². The molecule has 0 saturated carbocycles. The zero-order chi connectivity index (χ0) is 44.4. The van der Waals surface area contributed by atoms with E-state index in [1.54, 1.807) is 0 Å². The molecule has 0 N–H and O–H groups in total. The lowest BCUT2D eigenvalue weighted by Crippen LogP contribution is -2.30. The Bertz CT molecular complexity index is 1120. The summed E-state index contributed by atoms with van der Waals surface area (Å²) in [5.74, 6) is -0.893. The van der Waals surface area contributed by atoms with E-state index in [0.29, 0.717) is 19.3 Å². The number of hydrogen-bond acceptors (Lipinski definition) is 6. The summed E-state index contributed by atoms with van der Waals surface area (Å²) in [5.41, 5.74) is 0. The molecule has 6 nitrogen and oxygen atoms in total. The summed E-state index contributed by atoms with van der Waals surface area (Å²) in [6.07, 6.45) is 60.6. The van der Waals surface area contributed by atoms with Crippen molar-refractivity contribution in [2.24, 2.45) is 0 Å². The molecule has 61 heavy (non-hydrogen) atoms. The molecule has 0 aliphatic heterocycles. The van der Waals surface area contributed by atoms with Crippen LogP contribution in [0.25, 0.3) is 0 Å². The highest BCUT2D eigenvalue weighted by atomic mass is 16.6. The topological polar surface area (TPSA) is 78.9 Å². The van der Waals surface area contributed by atoms with E-state index < -0.39 is 6.10 Å². The normalized spacial score (nSPS) is 12.5. The van der Waals surface area contributed by atoms with Crippen LogP contribution in [0.2, 0.25) is 0 Å². The third-order valence-corrected chi connectivity index (χ3v) is 11.0. The van der Waals surface area contributed by atoms with E-state index in [-0.39, 0.29) is 31.1 Å². The van der Waals surface area contributed by atoms with E-state index in [4.69, 9.17) is 14.2 Å². The molecule has 0 aliphatic carbocycles. The summed E-state index contributed by atoms with van der Waals surface area (Å²) >= 11 is 0. The van der Waals surface area contributed by atoms with Crippen molar-refractivity contribution in [3.8, 4) is 0 Å². The number of rotatable bonds is 46. The largest absolute Gasteiger partial charge is 0.462 e. The maximum absolute atomic E-state index is 12.7. The van der Waals surface area contributed by atoms with E-state index in [0.717, 1.165) is 109 Å². The molecule has 0 saturated heterocycles. The predicted octanol–water partition coefficient (Wildman–Crippen LogP) is 16.9. The number of hydrogen-bond donors (Lipinski definition) is 0. The fourth-order valence-corrected chi connectivity index (χ4v) is 7.17. The Morgan fingerprint density at radius 3 is 1.00 bits per heavy atom. The Kier molecular flexibility index (Phi) is 47.4. The maximum Gasteiger partial charge on any atom is 0.306 e. The molecule has 0 aromatic rings. The van der Waals surface area contributed by atoms with Gasteiger partial charge in [0.15, 0.2) is 6.10 Å². The van der Waals surface area contributed by atoms with Crippen LogP contribution in [-0.2, 0) is 28.6 Å². The monoisotopic (exact) mass is 853 g/mol. The highest BCUT2D eigenvalue weighted by Gasteiger charge is 2.19. The second-order valence-electron chi connectivity index (χ2n) is 17.1. The maximum atomic E-state index is 12.7. The van der Waals surface area contributed by atoms with Gasteiger partial charge in [-0.15, -0.1) is 0 Å². The third-order valence-electron chi connectivity index (χ3n) is 11.0. The Balaban J connectivity index is 4.33. The summed E-state index contributed by atoms with van der Waals surface area (Å²) in [5, 5.41) is 0. The highest BCUT2D eigenvalue weighted by molar-refractivity contribution is 5.71. The molecular weight excluding hydrogens is 757 g/mol. The van der Waals surface area contributed by atoms with Crippen LogP contribution in [0, 0.1) is 0 Å². The number of unbranched alkanes of at least 4 members (excludes halogenated alkanes) is 25. The Hall–Kier alpha value is -2.89. The quantitative estimate of drug-likeness (QED) is 0.0263. The van der Waals surface area contributed by atoms with Crippen LogP contribution in [0.5, 0.6) is 0 Å². The van der Waals surface area contributed by atoms with Gasteiger partial charge in [0.05, 0.1) is 0 Å². The average molecular weight is 853 g/mol.